The van der Waals surface area contributed by atoms with E-state index >= 15 is 0 Å². The van der Waals surface area contributed by atoms with Crippen LogP contribution in [0.5, 0.6) is 0 Å². The van der Waals surface area contributed by atoms with Crippen molar-refractivity contribution in [3.8, 4) is 11.1 Å². The fourth-order valence-corrected chi connectivity index (χ4v) is 4.53. The molecule has 0 spiro atoms. The topological polar surface area (TPSA) is 0 Å². The number of fused-ring (bicyclic) bond motifs is 3. The lowest BCUT2D eigenvalue weighted by Gasteiger charge is -2.28. The summed E-state index contributed by atoms with van der Waals surface area (Å²) in [5.74, 6) is 0.740. The lowest BCUT2D eigenvalue weighted by atomic mass is 9.76. The maximum atomic E-state index is 2.35. The third-order valence-electron chi connectivity index (χ3n) is 6.16. The summed E-state index contributed by atoms with van der Waals surface area (Å²) >= 11 is 0. The van der Waals surface area contributed by atoms with Crippen LogP contribution in [0.3, 0.4) is 0 Å². The number of hydrogen-bond acceptors (Lipinski definition) is 0. The molecule has 0 heteroatoms. The van der Waals surface area contributed by atoms with Crippen LogP contribution in [0.4, 0.5) is 0 Å². The highest BCUT2D eigenvalue weighted by atomic mass is 14.3. The minimum atomic E-state index is 0.740. The van der Waals surface area contributed by atoms with Gasteiger partial charge in [-0.15, -0.1) is 0 Å². The van der Waals surface area contributed by atoms with Gasteiger partial charge < -0.3 is 0 Å². The Kier molecular flexibility index (Phi) is 3.60. The van der Waals surface area contributed by atoms with Crippen molar-refractivity contribution < 1.29 is 0 Å². The molecule has 0 aromatic heterocycles. The molecule has 0 radical (unpaired) electrons. The molecule has 0 saturated heterocycles. The second-order valence-corrected chi connectivity index (χ2v) is 7.86. The fourth-order valence-electron chi connectivity index (χ4n) is 4.53. The normalized spacial score (nSPS) is 14.7. The smallest absolute Gasteiger partial charge is 0.00730 e. The zero-order chi connectivity index (χ0) is 17.7. The second-order valence-electron chi connectivity index (χ2n) is 7.86. The Labute approximate surface area is 155 Å². The van der Waals surface area contributed by atoms with Crippen LogP contribution in [0.1, 0.15) is 41.9 Å². The van der Waals surface area contributed by atoms with Crippen LogP contribution in [-0.2, 0) is 0 Å². The van der Waals surface area contributed by atoms with E-state index in [0.717, 1.165) is 5.92 Å². The van der Waals surface area contributed by atoms with E-state index in [-0.39, 0.29) is 0 Å². The molecule has 1 saturated carbocycles. The van der Waals surface area contributed by atoms with E-state index in [1.807, 2.05) is 0 Å². The van der Waals surface area contributed by atoms with Gasteiger partial charge in [0.05, 0.1) is 0 Å². The fraction of sp³-hybridized carbons (Fsp3) is 0.231. The molecule has 1 aliphatic rings. The molecular weight excluding hydrogens is 312 g/mol. The molecule has 0 heterocycles. The van der Waals surface area contributed by atoms with Crippen LogP contribution < -0.4 is 0 Å². The molecule has 0 unspecified atom stereocenters. The molecule has 1 fully saturated rings. The first-order valence-corrected chi connectivity index (χ1v) is 9.74. The van der Waals surface area contributed by atoms with Gasteiger partial charge in [-0.3, -0.25) is 0 Å². The zero-order valence-corrected chi connectivity index (χ0v) is 15.5. The minimum Gasteiger partial charge on any atom is -0.0619 e. The molecule has 26 heavy (non-hydrogen) atoms. The first-order valence-electron chi connectivity index (χ1n) is 9.74. The standard InChI is InChI=1S/C26H24/c1-17-10-13-22-20(16-17)12-15-25-23(22)14-11-18(2)26(25)24-9-4-3-8-21(24)19-6-5-7-19/h3-4,8-16,19H,5-7H2,1-2H3. The molecule has 1 aliphatic carbocycles. The molecule has 0 aliphatic heterocycles. The van der Waals surface area contributed by atoms with Crippen molar-refractivity contribution >= 4 is 21.5 Å². The maximum absolute atomic E-state index is 2.35. The Bertz CT molecular complexity index is 1130. The molecular formula is C26H24. The van der Waals surface area contributed by atoms with Gasteiger partial charge in [0.1, 0.15) is 0 Å². The van der Waals surface area contributed by atoms with Gasteiger partial charge >= 0.3 is 0 Å². The van der Waals surface area contributed by atoms with Gasteiger partial charge in [0, 0.05) is 0 Å². The average molecular weight is 336 g/mol. The highest BCUT2D eigenvalue weighted by molar-refractivity contribution is 6.13. The summed E-state index contributed by atoms with van der Waals surface area (Å²) in [4.78, 5) is 0. The van der Waals surface area contributed by atoms with E-state index in [2.05, 4.69) is 80.6 Å². The van der Waals surface area contributed by atoms with Crippen LogP contribution >= 0.6 is 0 Å². The lowest BCUT2D eigenvalue weighted by Crippen LogP contribution is -2.10. The third-order valence-corrected chi connectivity index (χ3v) is 6.16. The van der Waals surface area contributed by atoms with Gasteiger partial charge in [-0.25, -0.2) is 0 Å². The van der Waals surface area contributed by atoms with Crippen LogP contribution in [0, 0.1) is 13.8 Å². The van der Waals surface area contributed by atoms with E-state index in [1.165, 1.54) is 63.1 Å². The van der Waals surface area contributed by atoms with Crippen LogP contribution in [0.25, 0.3) is 32.7 Å². The largest absolute Gasteiger partial charge is 0.0619 e. The molecule has 128 valence electrons. The molecule has 0 N–H and O–H groups in total. The summed E-state index contributed by atoms with van der Waals surface area (Å²) < 4.78 is 0. The summed E-state index contributed by atoms with van der Waals surface area (Å²) in [6.07, 6.45) is 4.05. The van der Waals surface area contributed by atoms with Crippen molar-refractivity contribution in [1.82, 2.24) is 0 Å². The Hall–Kier alpha value is -2.60. The predicted molar refractivity (Wildman–Crippen MR) is 113 cm³/mol. The van der Waals surface area contributed by atoms with Crippen molar-refractivity contribution in [2.24, 2.45) is 0 Å². The van der Waals surface area contributed by atoms with Crippen molar-refractivity contribution in [3.63, 3.8) is 0 Å². The number of rotatable bonds is 2. The molecule has 0 nitrogen and oxygen atoms in total. The second kappa shape index (κ2) is 5.99. The molecule has 4 aromatic rings. The van der Waals surface area contributed by atoms with Crippen molar-refractivity contribution in [1.29, 1.82) is 0 Å². The Morgan fingerprint density at radius 3 is 2.31 bits per heavy atom. The van der Waals surface area contributed by atoms with Crippen LogP contribution in [-0.4, -0.2) is 0 Å². The Morgan fingerprint density at radius 2 is 1.50 bits per heavy atom. The highest BCUT2D eigenvalue weighted by Crippen LogP contribution is 2.44. The van der Waals surface area contributed by atoms with Gasteiger partial charge in [0.15, 0.2) is 0 Å². The molecule has 0 amide bonds. The zero-order valence-electron chi connectivity index (χ0n) is 15.5. The van der Waals surface area contributed by atoms with Gasteiger partial charge in [0.25, 0.3) is 0 Å². The first-order chi connectivity index (χ1) is 12.7. The average Bonchev–Trinajstić information content (AvgIpc) is 2.60. The van der Waals surface area contributed by atoms with Gasteiger partial charge in [-0.1, -0.05) is 78.7 Å². The van der Waals surface area contributed by atoms with E-state index in [0.29, 0.717) is 0 Å². The van der Waals surface area contributed by atoms with Gasteiger partial charge in [-0.2, -0.15) is 0 Å². The quantitative estimate of drug-likeness (QED) is 0.332. The highest BCUT2D eigenvalue weighted by Gasteiger charge is 2.23. The van der Waals surface area contributed by atoms with E-state index in [1.54, 1.807) is 5.56 Å². The molecule has 0 bridgehead atoms. The Balaban J connectivity index is 1.83. The summed E-state index contributed by atoms with van der Waals surface area (Å²) in [6, 6.07) is 25.1. The third kappa shape index (κ3) is 2.36. The van der Waals surface area contributed by atoms with Crippen LogP contribution in [0.2, 0.25) is 0 Å². The van der Waals surface area contributed by atoms with Crippen LogP contribution in [0.15, 0.2) is 66.7 Å². The molecule has 5 rings (SSSR count). The summed E-state index contributed by atoms with van der Waals surface area (Å²) in [7, 11) is 0. The molecule has 4 aromatic carbocycles. The summed E-state index contributed by atoms with van der Waals surface area (Å²) in [6.45, 7) is 4.42. The number of benzene rings is 4. The Morgan fingerprint density at radius 1 is 0.731 bits per heavy atom. The first kappa shape index (κ1) is 15.6. The van der Waals surface area contributed by atoms with E-state index < -0.39 is 0 Å². The number of aryl methyl sites for hydroxylation is 2. The SMILES string of the molecule is Cc1ccc2c(ccc3c(-c4ccccc4C4CCC4)c(C)ccc32)c1. The minimum absolute atomic E-state index is 0.740. The van der Waals surface area contributed by atoms with Crippen molar-refractivity contribution in [2.75, 3.05) is 0 Å². The van der Waals surface area contributed by atoms with Crippen molar-refractivity contribution in [3.05, 3.63) is 83.4 Å². The monoisotopic (exact) mass is 336 g/mol. The van der Waals surface area contributed by atoms with Crippen molar-refractivity contribution in [2.45, 2.75) is 39.0 Å². The molecule has 0 atom stereocenters. The summed E-state index contributed by atoms with van der Waals surface area (Å²) in [5.41, 5.74) is 7.09. The van der Waals surface area contributed by atoms with Gasteiger partial charge in [0.2, 0.25) is 0 Å². The summed E-state index contributed by atoms with van der Waals surface area (Å²) in [5, 5.41) is 5.44. The lowest BCUT2D eigenvalue weighted by molar-refractivity contribution is 0.420. The maximum Gasteiger partial charge on any atom is -0.00730 e. The number of hydrogen-bond donors (Lipinski definition) is 0. The van der Waals surface area contributed by atoms with E-state index in [9.17, 15) is 0 Å². The van der Waals surface area contributed by atoms with Gasteiger partial charge in [-0.05, 0) is 76.4 Å². The van der Waals surface area contributed by atoms with E-state index in [4.69, 9.17) is 0 Å². The predicted octanol–water partition coefficient (Wildman–Crippen LogP) is 7.54.